The molecule has 0 aliphatic rings. The summed E-state index contributed by atoms with van der Waals surface area (Å²) < 4.78 is 50.2. The van der Waals surface area contributed by atoms with Gasteiger partial charge in [-0.2, -0.15) is 0 Å². The van der Waals surface area contributed by atoms with Crippen LogP contribution < -0.4 is 36.2 Å². The Balaban J connectivity index is 0.000000150. The normalized spacial score (nSPS) is 11.9. The Kier molecular flexibility index (Phi) is 20.6. The molecule has 10 heteroatoms. The van der Waals surface area contributed by atoms with E-state index in [0.717, 1.165) is 20.9 Å². The number of carbonyl (C=O) groups is 2. The molecule has 4 nitrogen and oxygen atoms in total. The van der Waals surface area contributed by atoms with Gasteiger partial charge in [0.05, 0.1) is 0 Å². The SMILES string of the molecule is Fc1cc[c]([Bi]([c]2ccc(F)cc2)[c]2ccc(F)cc2)cc1.O=C(O)C[CH](c1ccccc1)[Ge]([c]1ccccc1)([c]1ccccc1)[c]1ccccc1.O=C(O)C[CH](c1ccccc1)[Ge]([c]1ccccc1)([c]1ccccc1)[c]1ccccc1. The van der Waals surface area contributed by atoms with Crippen LogP contribution in [0.3, 0.4) is 0 Å². The first-order valence-corrected chi connectivity index (χ1v) is 41.0. The molecule has 2 N–H and O–H groups in total. The standard InChI is InChI=1S/2C27H24GeO2.3C6H4F.Bi/c2*29-27(30)21-26(22-13-5-1-6-14-22)28(23-15-7-2-8-16-23,24-17-9-3-10-18-24)25-19-11-4-12-20-25;3*7-6-4-2-1-3-5-6;/h2*1-20,26H,21H2,(H,29,30);3*2-5H;. The summed E-state index contributed by atoms with van der Waals surface area (Å²) >= 11 is -9.58. The molecule has 0 fully saturated rings. The number of carboxylic acid groups (broad SMARTS) is 2. The van der Waals surface area contributed by atoms with Crippen molar-refractivity contribution in [1.29, 1.82) is 0 Å². The van der Waals surface area contributed by atoms with Gasteiger partial charge in [0.15, 0.2) is 0 Å². The molecule has 11 aromatic rings. The average Bonchev–Trinajstić information content (AvgIpc) is 1.61. The fraction of sp³-hybridized carbons (Fsp3) is 0.0556. The zero-order valence-electron chi connectivity index (χ0n) is 44.9. The zero-order chi connectivity index (χ0) is 57.2. The second-order valence-electron chi connectivity index (χ2n) is 19.7. The molecule has 0 spiro atoms. The summed E-state index contributed by atoms with van der Waals surface area (Å²) in [7, 11) is 0. The van der Waals surface area contributed by atoms with Gasteiger partial charge in [-0.15, -0.1) is 0 Å². The van der Waals surface area contributed by atoms with E-state index in [1.165, 1.54) is 62.8 Å². The van der Waals surface area contributed by atoms with Crippen LogP contribution in [0.25, 0.3) is 0 Å². The van der Waals surface area contributed by atoms with Gasteiger partial charge < -0.3 is 0 Å². The van der Waals surface area contributed by atoms with Gasteiger partial charge in [0.1, 0.15) is 0 Å². The Morgan fingerprint density at radius 3 is 0.659 bits per heavy atom. The molecule has 0 aromatic heterocycles. The minimum absolute atomic E-state index is 0.0999. The molecule has 2 atom stereocenters. The zero-order valence-corrected chi connectivity index (χ0v) is 52.6. The summed E-state index contributed by atoms with van der Waals surface area (Å²) in [5.41, 5.74) is 2.19. The maximum absolute atomic E-state index is 13.2. The second-order valence-corrected chi connectivity index (χ2v) is 45.3. The molecule has 0 saturated carbocycles. The van der Waals surface area contributed by atoms with E-state index in [9.17, 15) is 33.0 Å². The molecule has 0 heterocycles. The summed E-state index contributed by atoms with van der Waals surface area (Å²) in [6.07, 6.45) is 0.200. The molecule has 0 radical (unpaired) electrons. The van der Waals surface area contributed by atoms with E-state index in [2.05, 4.69) is 170 Å². The summed E-state index contributed by atoms with van der Waals surface area (Å²) in [6, 6.07) is 103. The Bertz CT molecular complexity index is 3230. The number of rotatable bonds is 17. The third-order valence-corrected chi connectivity index (χ3v) is 46.6. The van der Waals surface area contributed by atoms with E-state index in [1.54, 1.807) is 36.4 Å². The van der Waals surface area contributed by atoms with E-state index in [0.29, 0.717) is 0 Å². The van der Waals surface area contributed by atoms with Crippen molar-refractivity contribution in [3.63, 3.8) is 0 Å². The van der Waals surface area contributed by atoms with E-state index in [-0.39, 0.29) is 39.8 Å². The Labute approximate surface area is 491 Å². The van der Waals surface area contributed by atoms with Crippen molar-refractivity contribution in [1.82, 2.24) is 0 Å². The van der Waals surface area contributed by atoms with Crippen molar-refractivity contribution in [2.24, 2.45) is 0 Å². The topological polar surface area (TPSA) is 74.6 Å². The third-order valence-electron chi connectivity index (χ3n) is 14.8. The number of benzene rings is 11. The first-order valence-electron chi connectivity index (χ1n) is 27.0. The molecular weight excluding hydrogens is 1340 g/mol. The molecule has 0 aliphatic heterocycles. The van der Waals surface area contributed by atoms with Crippen LogP contribution in [0.2, 0.25) is 0 Å². The quantitative estimate of drug-likeness (QED) is 0.0891. The fourth-order valence-electron chi connectivity index (χ4n) is 11.4. The molecule has 11 aromatic carbocycles. The summed E-state index contributed by atoms with van der Waals surface area (Å²) in [5.74, 6) is -2.38. The number of hydrogen-bond acceptors (Lipinski definition) is 2. The molecule has 406 valence electrons. The first-order chi connectivity index (χ1) is 40.1. The Morgan fingerprint density at radius 1 is 0.293 bits per heavy atom. The van der Waals surface area contributed by atoms with Crippen LogP contribution in [-0.2, 0) is 9.59 Å². The number of aliphatic carboxylic acids is 2. The predicted octanol–water partition coefficient (Wildman–Crippen LogP) is 10.5. The monoisotopic (exact) mass is 1400 g/mol. The van der Waals surface area contributed by atoms with Crippen LogP contribution in [-0.4, -0.2) is 70.4 Å². The number of carboxylic acids is 2. The van der Waals surface area contributed by atoms with Crippen LogP contribution in [0.15, 0.2) is 315 Å². The summed E-state index contributed by atoms with van der Waals surface area (Å²) in [5, 5.41) is 20.0. The van der Waals surface area contributed by atoms with E-state index in [4.69, 9.17) is 0 Å². The molecule has 11 rings (SSSR count). The van der Waals surface area contributed by atoms with Gasteiger partial charge in [0, 0.05) is 0 Å². The molecule has 0 bridgehead atoms. The second kappa shape index (κ2) is 28.7. The van der Waals surface area contributed by atoms with Crippen LogP contribution in [0, 0.1) is 17.5 Å². The summed E-state index contributed by atoms with van der Waals surface area (Å²) in [6.45, 7) is 0. The Morgan fingerprint density at radius 2 is 0.476 bits per heavy atom. The van der Waals surface area contributed by atoms with Crippen molar-refractivity contribution in [2.45, 2.75) is 22.3 Å². The molecule has 0 saturated heterocycles. The number of hydrogen-bond donors (Lipinski definition) is 2. The van der Waals surface area contributed by atoms with E-state index in [1.807, 2.05) is 72.8 Å². The molecule has 2 unspecified atom stereocenters. The molecule has 82 heavy (non-hydrogen) atoms. The molecule has 0 amide bonds. The fourth-order valence-corrected chi connectivity index (χ4v) is 43.3. The van der Waals surface area contributed by atoms with Gasteiger partial charge in [-0.1, -0.05) is 0 Å². The first kappa shape index (κ1) is 58.8. The van der Waals surface area contributed by atoms with E-state index >= 15 is 0 Å². The van der Waals surface area contributed by atoms with E-state index < -0.39 is 60.2 Å². The minimum atomic E-state index is -3.47. The third kappa shape index (κ3) is 13.9. The van der Waals surface area contributed by atoms with Gasteiger partial charge in [-0.25, -0.2) is 0 Å². The average molecular weight is 1400 g/mol. The van der Waals surface area contributed by atoms with Crippen LogP contribution in [0.4, 0.5) is 13.2 Å². The maximum atomic E-state index is 13.2. The van der Waals surface area contributed by atoms with Crippen LogP contribution >= 0.6 is 0 Å². The van der Waals surface area contributed by atoms with Crippen molar-refractivity contribution in [2.75, 3.05) is 0 Å². The van der Waals surface area contributed by atoms with Gasteiger partial charge in [-0.3, -0.25) is 0 Å². The van der Waals surface area contributed by atoms with Gasteiger partial charge in [-0.05, 0) is 0 Å². The van der Waals surface area contributed by atoms with Crippen molar-refractivity contribution in [3.8, 4) is 0 Å². The molecular formula is C72H60BiF3Ge2O4. The molecule has 0 aliphatic carbocycles. The van der Waals surface area contributed by atoms with Crippen molar-refractivity contribution < 1.29 is 33.0 Å². The van der Waals surface area contributed by atoms with Gasteiger partial charge in [0.25, 0.3) is 0 Å². The van der Waals surface area contributed by atoms with Gasteiger partial charge in [0.2, 0.25) is 0 Å². The van der Waals surface area contributed by atoms with Gasteiger partial charge >= 0.3 is 496 Å². The number of halogens is 3. The van der Waals surface area contributed by atoms with Crippen molar-refractivity contribution >= 4 is 96.4 Å². The Hall–Kier alpha value is -7.88. The van der Waals surface area contributed by atoms with Crippen LogP contribution in [0.5, 0.6) is 0 Å². The van der Waals surface area contributed by atoms with Crippen molar-refractivity contribution in [3.05, 3.63) is 344 Å². The summed E-state index contributed by atoms with van der Waals surface area (Å²) in [4.78, 5) is 24.3. The predicted molar refractivity (Wildman–Crippen MR) is 335 cm³/mol. The van der Waals surface area contributed by atoms with Crippen LogP contribution in [0.1, 0.15) is 33.5 Å².